The van der Waals surface area contributed by atoms with E-state index in [4.69, 9.17) is 4.84 Å². The largest absolute Gasteiger partial charge is 0.426 e. The maximum atomic E-state index is 13.7. The SMILES string of the molecule is CC(C)CNC(=O)ON1CC(=O)C2C1CCN2C(=O)C(CC(C)C)NC(=O)c1ccc(-c2cccs2)cc1. The number of hydrogen-bond acceptors (Lipinski definition) is 7. The number of Topliss-reactive ketones (excluding diaryl/α,β-unsaturated/α-hetero) is 1. The van der Waals surface area contributed by atoms with Crippen molar-refractivity contribution < 1.29 is 24.0 Å². The summed E-state index contributed by atoms with van der Waals surface area (Å²) in [4.78, 5) is 60.0. The number of nitrogens with one attached hydrogen (secondary N) is 2. The number of thiophene rings is 1. The van der Waals surface area contributed by atoms with Crippen molar-refractivity contribution in [1.29, 1.82) is 0 Å². The topological polar surface area (TPSA) is 108 Å². The number of hydrogen-bond donors (Lipinski definition) is 2. The highest BCUT2D eigenvalue weighted by Gasteiger charge is 2.52. The lowest BCUT2D eigenvalue weighted by molar-refractivity contribution is -0.138. The Bertz CT molecular complexity index is 1150. The molecule has 2 N–H and O–H groups in total. The maximum Gasteiger partial charge on any atom is 0.426 e. The Morgan fingerprint density at radius 1 is 1.08 bits per heavy atom. The number of benzene rings is 1. The van der Waals surface area contributed by atoms with Crippen LogP contribution in [0.15, 0.2) is 41.8 Å². The molecule has 38 heavy (non-hydrogen) atoms. The minimum absolute atomic E-state index is 0.0635. The molecule has 204 valence electrons. The molecule has 0 aliphatic carbocycles. The summed E-state index contributed by atoms with van der Waals surface area (Å²) in [5.74, 6) is -0.373. The number of hydroxylamine groups is 2. The molecular weight excluding hydrogens is 504 g/mol. The first kappa shape index (κ1) is 27.8. The number of carbonyl (C=O) groups is 4. The molecule has 2 aromatic rings. The summed E-state index contributed by atoms with van der Waals surface area (Å²) in [6.45, 7) is 8.68. The molecule has 2 aliphatic rings. The molecule has 0 saturated carbocycles. The number of fused-ring (bicyclic) bond motifs is 1. The van der Waals surface area contributed by atoms with E-state index in [2.05, 4.69) is 10.6 Å². The Kier molecular flexibility index (Phi) is 8.83. The van der Waals surface area contributed by atoms with Gasteiger partial charge in [-0.1, -0.05) is 45.9 Å². The van der Waals surface area contributed by atoms with Crippen LogP contribution in [0, 0.1) is 11.8 Å². The Morgan fingerprint density at radius 2 is 1.82 bits per heavy atom. The third-order valence-corrected chi connectivity index (χ3v) is 7.70. The lowest BCUT2D eigenvalue weighted by Gasteiger charge is -2.29. The van der Waals surface area contributed by atoms with Crippen molar-refractivity contribution in [2.45, 2.75) is 58.7 Å². The third-order valence-electron chi connectivity index (χ3n) is 6.78. The second kappa shape index (κ2) is 12.1. The molecule has 9 nitrogen and oxygen atoms in total. The van der Waals surface area contributed by atoms with Crippen LogP contribution in [-0.2, 0) is 14.4 Å². The predicted molar refractivity (Wildman–Crippen MR) is 145 cm³/mol. The zero-order valence-electron chi connectivity index (χ0n) is 22.3. The number of likely N-dealkylation sites (tertiary alicyclic amines) is 1. The van der Waals surface area contributed by atoms with Gasteiger partial charge in [0.25, 0.3) is 5.91 Å². The first-order valence-corrected chi connectivity index (χ1v) is 14.0. The molecule has 2 fully saturated rings. The lowest BCUT2D eigenvalue weighted by Crippen LogP contribution is -2.52. The van der Waals surface area contributed by atoms with Crippen LogP contribution in [0.3, 0.4) is 0 Å². The summed E-state index contributed by atoms with van der Waals surface area (Å²) in [7, 11) is 0. The van der Waals surface area contributed by atoms with E-state index in [-0.39, 0.29) is 36.0 Å². The fourth-order valence-electron chi connectivity index (χ4n) is 4.97. The summed E-state index contributed by atoms with van der Waals surface area (Å²) in [6, 6.07) is 9.45. The second-order valence-electron chi connectivity index (χ2n) is 10.7. The van der Waals surface area contributed by atoms with Gasteiger partial charge in [-0.05, 0) is 53.8 Å². The summed E-state index contributed by atoms with van der Waals surface area (Å²) >= 11 is 1.63. The molecule has 0 radical (unpaired) electrons. The normalized spacial score (nSPS) is 20.1. The van der Waals surface area contributed by atoms with E-state index in [0.29, 0.717) is 31.5 Å². The van der Waals surface area contributed by atoms with Crippen molar-refractivity contribution >= 4 is 35.0 Å². The lowest BCUT2D eigenvalue weighted by atomic mass is 10.0. The van der Waals surface area contributed by atoms with Crippen LogP contribution < -0.4 is 10.6 Å². The minimum atomic E-state index is -0.768. The highest BCUT2D eigenvalue weighted by atomic mass is 32.1. The van der Waals surface area contributed by atoms with Crippen LogP contribution in [-0.4, -0.2) is 71.4 Å². The van der Waals surface area contributed by atoms with E-state index in [1.54, 1.807) is 28.4 Å². The molecule has 10 heteroatoms. The van der Waals surface area contributed by atoms with Gasteiger partial charge in [-0.25, -0.2) is 4.79 Å². The number of carbonyl (C=O) groups excluding carboxylic acids is 4. The average molecular weight is 541 g/mol. The van der Waals surface area contributed by atoms with Gasteiger partial charge < -0.3 is 20.4 Å². The molecule has 3 unspecified atom stereocenters. The number of ketones is 1. The van der Waals surface area contributed by atoms with E-state index < -0.39 is 24.2 Å². The monoisotopic (exact) mass is 540 g/mol. The molecule has 1 aromatic carbocycles. The number of nitrogens with zero attached hydrogens (tertiary/aromatic N) is 2. The van der Waals surface area contributed by atoms with Crippen LogP contribution in [0.1, 0.15) is 50.9 Å². The minimum Gasteiger partial charge on any atom is -0.350 e. The van der Waals surface area contributed by atoms with Gasteiger partial charge in [-0.3, -0.25) is 14.4 Å². The van der Waals surface area contributed by atoms with Crippen LogP contribution in [0.5, 0.6) is 0 Å². The zero-order chi connectivity index (χ0) is 27.4. The Labute approximate surface area is 227 Å². The van der Waals surface area contributed by atoms with Crippen LogP contribution >= 0.6 is 11.3 Å². The highest BCUT2D eigenvalue weighted by molar-refractivity contribution is 7.13. The number of rotatable bonds is 9. The van der Waals surface area contributed by atoms with Gasteiger partial charge in [0, 0.05) is 23.5 Å². The Hall–Kier alpha value is -3.24. The molecule has 3 amide bonds. The van der Waals surface area contributed by atoms with Crippen molar-refractivity contribution in [3.8, 4) is 10.4 Å². The van der Waals surface area contributed by atoms with Crippen molar-refractivity contribution in [1.82, 2.24) is 20.6 Å². The van der Waals surface area contributed by atoms with Crippen LogP contribution in [0.2, 0.25) is 0 Å². The fourth-order valence-corrected chi connectivity index (χ4v) is 5.70. The molecule has 3 heterocycles. The maximum absolute atomic E-state index is 13.7. The summed E-state index contributed by atoms with van der Waals surface area (Å²) in [6.07, 6.45) is 0.344. The molecule has 2 aliphatic heterocycles. The van der Waals surface area contributed by atoms with Gasteiger partial charge in [0.1, 0.15) is 12.1 Å². The van der Waals surface area contributed by atoms with Crippen molar-refractivity contribution in [2.24, 2.45) is 11.8 Å². The Morgan fingerprint density at radius 3 is 2.45 bits per heavy atom. The first-order chi connectivity index (χ1) is 18.1. The summed E-state index contributed by atoms with van der Waals surface area (Å²) in [5, 5.41) is 8.99. The van der Waals surface area contributed by atoms with Gasteiger partial charge in [-0.15, -0.1) is 16.4 Å². The third kappa shape index (κ3) is 6.42. The molecule has 4 rings (SSSR count). The predicted octanol–water partition coefficient (Wildman–Crippen LogP) is 3.71. The highest BCUT2D eigenvalue weighted by Crippen LogP contribution is 2.31. The smallest absolute Gasteiger partial charge is 0.350 e. The molecule has 0 spiro atoms. The van der Waals surface area contributed by atoms with E-state index >= 15 is 0 Å². The molecule has 2 saturated heterocycles. The van der Waals surface area contributed by atoms with Crippen molar-refractivity contribution in [3.05, 3.63) is 47.3 Å². The van der Waals surface area contributed by atoms with E-state index in [0.717, 1.165) is 10.4 Å². The van der Waals surface area contributed by atoms with Crippen LogP contribution in [0.25, 0.3) is 10.4 Å². The zero-order valence-corrected chi connectivity index (χ0v) is 23.1. The fraction of sp³-hybridized carbons (Fsp3) is 0.500. The average Bonchev–Trinajstić information content (AvgIpc) is 3.62. The number of amides is 3. The van der Waals surface area contributed by atoms with E-state index in [9.17, 15) is 19.2 Å². The molecule has 0 bridgehead atoms. The van der Waals surface area contributed by atoms with Crippen molar-refractivity contribution in [2.75, 3.05) is 19.6 Å². The van der Waals surface area contributed by atoms with Crippen LogP contribution in [0.4, 0.5) is 4.79 Å². The van der Waals surface area contributed by atoms with E-state index in [1.807, 2.05) is 57.3 Å². The van der Waals surface area contributed by atoms with Gasteiger partial charge in [0.2, 0.25) is 5.91 Å². The second-order valence-corrected chi connectivity index (χ2v) is 11.7. The van der Waals surface area contributed by atoms with Crippen molar-refractivity contribution in [3.63, 3.8) is 0 Å². The van der Waals surface area contributed by atoms with Gasteiger partial charge in [0.15, 0.2) is 5.78 Å². The summed E-state index contributed by atoms with van der Waals surface area (Å²) < 4.78 is 0. The molecular formula is C28H36N4O5S. The standard InChI is InChI=1S/C28H36N4O5S/c1-17(2)14-21(30-26(34)20-9-7-19(8-10-20)24-6-5-13-38-24)27(35)31-12-11-22-25(31)23(33)16-32(22)37-28(36)29-15-18(3)4/h5-10,13,17-18,21-22,25H,11-12,14-16H2,1-4H3,(H,29,36)(H,30,34). The van der Waals surface area contributed by atoms with Gasteiger partial charge in [-0.2, -0.15) is 0 Å². The molecule has 3 atom stereocenters. The van der Waals surface area contributed by atoms with E-state index in [1.165, 1.54) is 5.06 Å². The van der Waals surface area contributed by atoms with Gasteiger partial charge in [0.05, 0.1) is 12.6 Å². The summed E-state index contributed by atoms with van der Waals surface area (Å²) in [5.41, 5.74) is 1.49. The Balaban J connectivity index is 1.42. The first-order valence-electron chi connectivity index (χ1n) is 13.1. The van der Waals surface area contributed by atoms with Gasteiger partial charge >= 0.3 is 6.09 Å². The quantitative estimate of drug-likeness (QED) is 0.502. The molecule has 1 aromatic heterocycles.